The zero-order chi connectivity index (χ0) is 23.2. The van der Waals surface area contributed by atoms with Gasteiger partial charge in [0.25, 0.3) is 0 Å². The summed E-state index contributed by atoms with van der Waals surface area (Å²) >= 11 is 0. The molecule has 2 aromatic rings. The van der Waals surface area contributed by atoms with Crippen LogP contribution in [0.25, 0.3) is 0 Å². The zero-order valence-corrected chi connectivity index (χ0v) is 19.6. The van der Waals surface area contributed by atoms with Gasteiger partial charge >= 0.3 is 0 Å². The summed E-state index contributed by atoms with van der Waals surface area (Å²) in [5.41, 5.74) is 3.29. The van der Waals surface area contributed by atoms with Crippen molar-refractivity contribution in [1.82, 2.24) is 10.2 Å². The van der Waals surface area contributed by atoms with Crippen LogP contribution in [0.15, 0.2) is 48.5 Å². The summed E-state index contributed by atoms with van der Waals surface area (Å²) in [6.45, 7) is 7.55. The molecular weight excluding hydrogens is 414 g/mol. The van der Waals surface area contributed by atoms with Gasteiger partial charge in [0.1, 0.15) is 12.6 Å². The van der Waals surface area contributed by atoms with E-state index in [1.165, 1.54) is 4.90 Å². The van der Waals surface area contributed by atoms with Crippen molar-refractivity contribution in [2.24, 2.45) is 0 Å². The number of rotatable bonds is 9. The number of likely N-dealkylation sites (N-methyl/N-ethyl adjacent to an activating group) is 1. The Morgan fingerprint density at radius 3 is 2.23 bits per heavy atom. The molecule has 0 aliphatic carbocycles. The molecule has 7 nitrogen and oxygen atoms in total. The molecule has 0 aliphatic rings. The van der Waals surface area contributed by atoms with Crippen molar-refractivity contribution in [3.05, 3.63) is 65.2 Å². The summed E-state index contributed by atoms with van der Waals surface area (Å²) in [6, 6.07) is 13.8. The standard InChI is InChI=1S/C23H31N3O4S/c1-6-24-23(28)19(4)25(15-20-9-7-8-18(3)14-20)22(27)16-26(31(5,29)30)21-12-10-17(2)11-13-21/h7-14,19H,6,15-16H2,1-5H3,(H,24,28). The number of amides is 2. The van der Waals surface area contributed by atoms with Crippen LogP contribution < -0.4 is 9.62 Å². The number of aryl methyl sites for hydroxylation is 2. The Morgan fingerprint density at radius 1 is 1.03 bits per heavy atom. The summed E-state index contributed by atoms with van der Waals surface area (Å²) < 4.78 is 26.0. The second-order valence-corrected chi connectivity index (χ2v) is 9.59. The molecule has 31 heavy (non-hydrogen) atoms. The molecule has 2 aromatic carbocycles. The zero-order valence-electron chi connectivity index (χ0n) is 18.8. The van der Waals surface area contributed by atoms with Crippen molar-refractivity contribution >= 4 is 27.5 Å². The van der Waals surface area contributed by atoms with Gasteiger partial charge in [-0.1, -0.05) is 47.5 Å². The summed E-state index contributed by atoms with van der Waals surface area (Å²) in [5, 5.41) is 2.73. The van der Waals surface area contributed by atoms with E-state index in [1.54, 1.807) is 38.1 Å². The first-order valence-electron chi connectivity index (χ1n) is 10.2. The number of anilines is 1. The van der Waals surface area contributed by atoms with Crippen molar-refractivity contribution in [1.29, 1.82) is 0 Å². The van der Waals surface area contributed by atoms with Gasteiger partial charge in [-0.05, 0) is 45.4 Å². The van der Waals surface area contributed by atoms with E-state index in [0.29, 0.717) is 12.2 Å². The van der Waals surface area contributed by atoms with E-state index in [9.17, 15) is 18.0 Å². The van der Waals surface area contributed by atoms with Gasteiger partial charge in [0.05, 0.1) is 11.9 Å². The van der Waals surface area contributed by atoms with Gasteiger partial charge in [0.2, 0.25) is 21.8 Å². The fourth-order valence-corrected chi connectivity index (χ4v) is 4.09. The Balaban J connectivity index is 2.37. The molecule has 8 heteroatoms. The average Bonchev–Trinajstić information content (AvgIpc) is 2.70. The summed E-state index contributed by atoms with van der Waals surface area (Å²) in [5.74, 6) is -0.740. The Labute approximate surface area is 185 Å². The average molecular weight is 446 g/mol. The Bertz CT molecular complexity index is 1020. The second kappa shape index (κ2) is 10.4. The summed E-state index contributed by atoms with van der Waals surface area (Å²) in [4.78, 5) is 27.2. The molecule has 0 saturated heterocycles. The van der Waals surface area contributed by atoms with Crippen molar-refractivity contribution in [3.8, 4) is 0 Å². The molecule has 1 unspecified atom stereocenters. The fraction of sp³-hybridized carbons (Fsp3) is 0.391. The van der Waals surface area contributed by atoms with Crippen LogP contribution in [0.4, 0.5) is 5.69 Å². The topological polar surface area (TPSA) is 86.8 Å². The van der Waals surface area contributed by atoms with Gasteiger partial charge < -0.3 is 10.2 Å². The van der Waals surface area contributed by atoms with Crippen molar-refractivity contribution in [3.63, 3.8) is 0 Å². The third-order valence-electron chi connectivity index (χ3n) is 4.95. The second-order valence-electron chi connectivity index (χ2n) is 7.69. The van der Waals surface area contributed by atoms with Crippen LogP contribution >= 0.6 is 0 Å². The maximum Gasteiger partial charge on any atom is 0.244 e. The van der Waals surface area contributed by atoms with E-state index in [0.717, 1.165) is 27.3 Å². The third kappa shape index (κ3) is 6.82. The lowest BCUT2D eigenvalue weighted by atomic mass is 10.1. The van der Waals surface area contributed by atoms with Gasteiger partial charge in [0, 0.05) is 13.1 Å². The van der Waals surface area contributed by atoms with E-state index in [1.807, 2.05) is 38.1 Å². The SMILES string of the molecule is CCNC(=O)C(C)N(Cc1cccc(C)c1)C(=O)CN(c1ccc(C)cc1)S(C)(=O)=O. The van der Waals surface area contributed by atoms with Crippen LogP contribution in [-0.4, -0.2) is 50.5 Å². The predicted octanol–water partition coefficient (Wildman–Crippen LogP) is 2.62. The van der Waals surface area contributed by atoms with Crippen molar-refractivity contribution < 1.29 is 18.0 Å². The van der Waals surface area contributed by atoms with Gasteiger partial charge in [0.15, 0.2) is 0 Å². The van der Waals surface area contributed by atoms with Crippen molar-refractivity contribution in [2.45, 2.75) is 40.3 Å². The number of carbonyl (C=O) groups is 2. The number of carbonyl (C=O) groups excluding carboxylic acids is 2. The highest BCUT2D eigenvalue weighted by molar-refractivity contribution is 7.92. The van der Waals surface area contributed by atoms with Gasteiger partial charge in [-0.2, -0.15) is 0 Å². The minimum Gasteiger partial charge on any atom is -0.355 e. The maximum absolute atomic E-state index is 13.3. The Morgan fingerprint density at radius 2 is 1.68 bits per heavy atom. The number of sulfonamides is 1. The minimum absolute atomic E-state index is 0.199. The molecule has 0 fully saturated rings. The molecule has 0 saturated carbocycles. The van der Waals surface area contributed by atoms with Gasteiger partial charge in [-0.15, -0.1) is 0 Å². The van der Waals surface area contributed by atoms with Crippen LogP contribution in [0, 0.1) is 13.8 Å². The van der Waals surface area contributed by atoms with Crippen molar-refractivity contribution in [2.75, 3.05) is 23.7 Å². The summed E-state index contributed by atoms with van der Waals surface area (Å²) in [6.07, 6.45) is 1.07. The molecule has 0 aromatic heterocycles. The highest BCUT2D eigenvalue weighted by Gasteiger charge is 2.29. The Hall–Kier alpha value is -2.87. The quantitative estimate of drug-likeness (QED) is 0.643. The number of nitrogens with one attached hydrogen (secondary N) is 1. The smallest absolute Gasteiger partial charge is 0.244 e. The van der Waals surface area contributed by atoms with E-state index in [4.69, 9.17) is 0 Å². The lowest BCUT2D eigenvalue weighted by Crippen LogP contribution is -2.51. The van der Waals surface area contributed by atoms with Crippen LogP contribution in [0.5, 0.6) is 0 Å². The summed E-state index contributed by atoms with van der Waals surface area (Å²) in [7, 11) is -3.71. The first kappa shape index (κ1) is 24.4. The molecule has 1 atom stereocenters. The highest BCUT2D eigenvalue weighted by Crippen LogP contribution is 2.20. The van der Waals surface area contributed by atoms with Crippen LogP contribution in [-0.2, 0) is 26.2 Å². The van der Waals surface area contributed by atoms with Gasteiger partial charge in [-0.3, -0.25) is 13.9 Å². The first-order valence-corrected chi connectivity index (χ1v) is 12.0. The predicted molar refractivity (Wildman–Crippen MR) is 123 cm³/mol. The minimum atomic E-state index is -3.71. The first-order chi connectivity index (χ1) is 14.5. The molecule has 0 bridgehead atoms. The molecule has 168 valence electrons. The molecule has 0 aliphatic heterocycles. The fourth-order valence-electron chi connectivity index (χ4n) is 3.24. The molecule has 1 N–H and O–H groups in total. The molecule has 2 rings (SSSR count). The maximum atomic E-state index is 13.3. The van der Waals surface area contributed by atoms with E-state index in [2.05, 4.69) is 5.32 Å². The molecule has 0 radical (unpaired) electrons. The van der Waals surface area contributed by atoms with E-state index < -0.39 is 28.5 Å². The molecule has 0 spiro atoms. The molecular formula is C23H31N3O4S. The molecule has 2 amide bonds. The van der Waals surface area contributed by atoms with Crippen LogP contribution in [0.3, 0.4) is 0 Å². The lowest BCUT2D eigenvalue weighted by Gasteiger charge is -2.31. The normalized spacial score (nSPS) is 12.2. The van der Waals surface area contributed by atoms with E-state index in [-0.39, 0.29) is 12.5 Å². The number of hydrogen-bond acceptors (Lipinski definition) is 4. The highest BCUT2D eigenvalue weighted by atomic mass is 32.2. The van der Waals surface area contributed by atoms with Crippen LogP contribution in [0.2, 0.25) is 0 Å². The Kier molecular flexibility index (Phi) is 8.21. The number of hydrogen-bond donors (Lipinski definition) is 1. The third-order valence-corrected chi connectivity index (χ3v) is 6.10. The molecule has 0 heterocycles. The number of nitrogens with zero attached hydrogens (tertiary/aromatic N) is 2. The monoisotopic (exact) mass is 445 g/mol. The number of benzene rings is 2. The lowest BCUT2D eigenvalue weighted by molar-refractivity contribution is -0.139. The van der Waals surface area contributed by atoms with E-state index >= 15 is 0 Å². The van der Waals surface area contributed by atoms with Crippen LogP contribution in [0.1, 0.15) is 30.5 Å². The van der Waals surface area contributed by atoms with Gasteiger partial charge in [-0.25, -0.2) is 8.42 Å². The largest absolute Gasteiger partial charge is 0.355 e.